The average molecular weight is 252 g/mol. The average Bonchev–Trinajstić information content (AvgIpc) is 2.81. The van der Waals surface area contributed by atoms with E-state index >= 15 is 0 Å². The Morgan fingerprint density at radius 1 is 1.41 bits per heavy atom. The number of hydrogen-bond acceptors (Lipinski definition) is 3. The van der Waals surface area contributed by atoms with Crippen LogP contribution >= 0.6 is 11.3 Å². The number of nitrogens with two attached hydrogens (primary N) is 1. The highest BCUT2D eigenvalue weighted by Gasteiger charge is 2.31. The molecule has 1 aliphatic carbocycles. The predicted octanol–water partition coefficient (Wildman–Crippen LogP) is 3.33. The summed E-state index contributed by atoms with van der Waals surface area (Å²) in [6, 6.07) is 0. The zero-order valence-corrected chi connectivity index (χ0v) is 11.7. The third-order valence-electron chi connectivity index (χ3n) is 4.37. The lowest BCUT2D eigenvalue weighted by Gasteiger charge is -2.37. The molecule has 1 aromatic heterocycles. The fourth-order valence-electron chi connectivity index (χ4n) is 3.13. The van der Waals surface area contributed by atoms with Crippen molar-refractivity contribution in [1.82, 2.24) is 4.98 Å². The Hall–Kier alpha value is -0.410. The molecule has 0 radical (unpaired) electrons. The van der Waals surface area contributed by atoms with Crippen LogP contribution < -0.4 is 5.73 Å². The Balaban J connectivity index is 1.99. The van der Waals surface area contributed by atoms with Crippen molar-refractivity contribution in [2.45, 2.75) is 39.5 Å². The summed E-state index contributed by atoms with van der Waals surface area (Å²) in [5.41, 5.74) is 7.87. The Bertz CT molecular complexity index is 321. The molecule has 0 amide bonds. The Morgan fingerprint density at radius 2 is 2.24 bits per heavy atom. The van der Waals surface area contributed by atoms with E-state index in [0.29, 0.717) is 0 Å². The first-order chi connectivity index (χ1) is 8.20. The van der Waals surface area contributed by atoms with E-state index in [0.717, 1.165) is 30.2 Å². The second kappa shape index (κ2) is 5.96. The molecule has 0 spiro atoms. The van der Waals surface area contributed by atoms with Gasteiger partial charge in [-0.25, -0.2) is 0 Å². The van der Waals surface area contributed by atoms with Crippen LogP contribution in [0.3, 0.4) is 0 Å². The Labute approximate surface area is 109 Å². The van der Waals surface area contributed by atoms with E-state index in [4.69, 9.17) is 5.73 Å². The van der Waals surface area contributed by atoms with Gasteiger partial charge < -0.3 is 5.73 Å². The van der Waals surface area contributed by atoms with Crippen molar-refractivity contribution in [3.8, 4) is 0 Å². The molecule has 2 N–H and O–H groups in total. The smallest absolute Gasteiger partial charge is 0.0794 e. The molecule has 2 rings (SSSR count). The number of hydrogen-bond donors (Lipinski definition) is 1. The van der Waals surface area contributed by atoms with Crippen molar-refractivity contribution >= 4 is 11.3 Å². The molecule has 0 aromatic carbocycles. The van der Waals surface area contributed by atoms with E-state index in [-0.39, 0.29) is 0 Å². The van der Waals surface area contributed by atoms with Gasteiger partial charge in [0.2, 0.25) is 0 Å². The molecule has 0 aliphatic heterocycles. The van der Waals surface area contributed by atoms with Crippen LogP contribution in [0.1, 0.15) is 38.0 Å². The van der Waals surface area contributed by atoms with Crippen LogP contribution in [-0.4, -0.2) is 11.5 Å². The van der Waals surface area contributed by atoms with Crippen LogP contribution in [0.5, 0.6) is 0 Å². The number of nitrogens with zero attached hydrogens (tertiary/aromatic N) is 1. The fraction of sp³-hybridized carbons (Fsp3) is 0.786. The molecule has 1 heterocycles. The van der Waals surface area contributed by atoms with Crippen molar-refractivity contribution in [2.75, 3.05) is 6.54 Å². The number of aromatic nitrogens is 1. The van der Waals surface area contributed by atoms with Crippen LogP contribution in [0.25, 0.3) is 0 Å². The molecule has 1 aromatic rings. The minimum Gasteiger partial charge on any atom is -0.330 e. The van der Waals surface area contributed by atoms with Gasteiger partial charge in [0.25, 0.3) is 0 Å². The summed E-state index contributed by atoms with van der Waals surface area (Å²) < 4.78 is 0. The molecule has 3 atom stereocenters. The Kier molecular flexibility index (Phi) is 4.57. The van der Waals surface area contributed by atoms with Crippen LogP contribution in [-0.2, 0) is 6.42 Å². The summed E-state index contributed by atoms with van der Waals surface area (Å²) >= 11 is 1.79. The third-order valence-corrected chi connectivity index (χ3v) is 5.17. The summed E-state index contributed by atoms with van der Waals surface area (Å²) in [7, 11) is 0. The van der Waals surface area contributed by atoms with Crippen molar-refractivity contribution < 1.29 is 0 Å². The molecular weight excluding hydrogens is 228 g/mol. The first kappa shape index (κ1) is 13.0. The van der Waals surface area contributed by atoms with Gasteiger partial charge in [-0.2, -0.15) is 0 Å². The van der Waals surface area contributed by atoms with Crippen molar-refractivity contribution in [3.63, 3.8) is 0 Å². The van der Waals surface area contributed by atoms with Gasteiger partial charge in [0.15, 0.2) is 0 Å². The molecule has 3 unspecified atom stereocenters. The van der Waals surface area contributed by atoms with Crippen LogP contribution in [0.15, 0.2) is 11.7 Å². The van der Waals surface area contributed by atoms with Crippen LogP contribution in [0, 0.1) is 23.7 Å². The van der Waals surface area contributed by atoms with Gasteiger partial charge in [0, 0.05) is 11.1 Å². The zero-order chi connectivity index (χ0) is 12.3. The molecule has 1 saturated carbocycles. The summed E-state index contributed by atoms with van der Waals surface area (Å²) in [5.74, 6) is 3.22. The van der Waals surface area contributed by atoms with E-state index in [2.05, 4.69) is 18.8 Å². The highest BCUT2D eigenvalue weighted by Crippen LogP contribution is 2.39. The molecule has 1 fully saturated rings. The summed E-state index contributed by atoms with van der Waals surface area (Å²) in [6.45, 7) is 5.57. The quantitative estimate of drug-likeness (QED) is 0.892. The maximum absolute atomic E-state index is 5.93. The van der Waals surface area contributed by atoms with Crippen LogP contribution in [0.2, 0.25) is 0 Å². The van der Waals surface area contributed by atoms with Gasteiger partial charge in [0.05, 0.1) is 5.51 Å². The number of rotatable bonds is 4. The van der Waals surface area contributed by atoms with Gasteiger partial charge in [-0.3, -0.25) is 4.98 Å². The standard InChI is InChI=1S/C14H24N2S/c1-10(2)11-3-4-12(7-15)13(5-11)6-14-8-16-9-17-14/h8-13H,3-7,15H2,1-2H3. The molecule has 96 valence electrons. The summed E-state index contributed by atoms with van der Waals surface area (Å²) in [6.07, 6.45) is 7.27. The van der Waals surface area contributed by atoms with Gasteiger partial charge in [-0.1, -0.05) is 13.8 Å². The first-order valence-corrected chi connectivity index (χ1v) is 7.66. The highest BCUT2D eigenvalue weighted by molar-refractivity contribution is 7.09. The lowest BCUT2D eigenvalue weighted by atomic mass is 9.69. The van der Waals surface area contributed by atoms with Gasteiger partial charge >= 0.3 is 0 Å². The fourth-order valence-corrected chi connectivity index (χ4v) is 3.82. The molecule has 17 heavy (non-hydrogen) atoms. The lowest BCUT2D eigenvalue weighted by molar-refractivity contribution is 0.151. The maximum atomic E-state index is 5.93. The van der Waals surface area contributed by atoms with Crippen molar-refractivity contribution in [2.24, 2.45) is 29.4 Å². The summed E-state index contributed by atoms with van der Waals surface area (Å²) in [4.78, 5) is 5.61. The minimum absolute atomic E-state index is 0.729. The molecular formula is C14H24N2S. The molecule has 1 aliphatic rings. The van der Waals surface area contributed by atoms with E-state index in [1.165, 1.54) is 30.6 Å². The lowest BCUT2D eigenvalue weighted by Crippen LogP contribution is -2.33. The van der Waals surface area contributed by atoms with E-state index in [1.807, 2.05) is 11.7 Å². The first-order valence-electron chi connectivity index (χ1n) is 6.78. The van der Waals surface area contributed by atoms with Crippen LogP contribution in [0.4, 0.5) is 0 Å². The normalized spacial score (nSPS) is 29.8. The minimum atomic E-state index is 0.729. The second-order valence-corrected chi connectivity index (χ2v) is 6.72. The highest BCUT2D eigenvalue weighted by atomic mass is 32.1. The monoisotopic (exact) mass is 252 g/mol. The molecule has 3 heteroatoms. The third kappa shape index (κ3) is 3.29. The number of thiazole rings is 1. The van der Waals surface area contributed by atoms with E-state index < -0.39 is 0 Å². The van der Waals surface area contributed by atoms with E-state index in [9.17, 15) is 0 Å². The molecule has 2 nitrogen and oxygen atoms in total. The van der Waals surface area contributed by atoms with Crippen molar-refractivity contribution in [1.29, 1.82) is 0 Å². The topological polar surface area (TPSA) is 38.9 Å². The van der Waals surface area contributed by atoms with Gasteiger partial charge in [-0.15, -0.1) is 11.3 Å². The molecule has 0 saturated heterocycles. The predicted molar refractivity (Wildman–Crippen MR) is 74.0 cm³/mol. The van der Waals surface area contributed by atoms with Gasteiger partial charge in [0.1, 0.15) is 0 Å². The summed E-state index contributed by atoms with van der Waals surface area (Å²) in [5, 5.41) is 0. The largest absolute Gasteiger partial charge is 0.330 e. The van der Waals surface area contributed by atoms with E-state index in [1.54, 1.807) is 11.3 Å². The zero-order valence-electron chi connectivity index (χ0n) is 10.9. The second-order valence-electron chi connectivity index (χ2n) is 5.74. The van der Waals surface area contributed by atoms with Gasteiger partial charge in [-0.05, 0) is 55.9 Å². The maximum Gasteiger partial charge on any atom is 0.0794 e. The molecule has 0 bridgehead atoms. The van der Waals surface area contributed by atoms with Crippen molar-refractivity contribution in [3.05, 3.63) is 16.6 Å². The SMILES string of the molecule is CC(C)C1CCC(CN)C(Cc2cncs2)C1. The Morgan fingerprint density at radius 3 is 2.82 bits per heavy atom.